The molecule has 0 bridgehead atoms. The molecule has 12 radical (unpaired) electrons. The topological polar surface area (TPSA) is 107 Å². The Morgan fingerprint density at radius 2 is 1.67 bits per heavy atom. The molecule has 2 heterocycles. The summed E-state index contributed by atoms with van der Waals surface area (Å²) in [7, 11) is 35.5. The predicted octanol–water partition coefficient (Wildman–Crippen LogP) is -3.53. The zero-order chi connectivity index (χ0) is 20.5. The average molecular weight is 345 g/mol. The van der Waals surface area contributed by atoms with E-state index in [1.54, 1.807) is 0 Å². The zero-order valence-electron chi connectivity index (χ0n) is 14.3. The minimum Gasteiger partial charge on any atom is -0.398 e. The van der Waals surface area contributed by atoms with Crippen LogP contribution in [-0.2, 0) is 15.0 Å². The van der Waals surface area contributed by atoms with Gasteiger partial charge in [-0.25, -0.2) is 4.98 Å². The molecule has 120 valence electrons. The number of nitrogens with zero attached hydrogens (tertiary/aromatic N) is 2. The molecule has 1 aliphatic heterocycles. The van der Waals surface area contributed by atoms with Gasteiger partial charge in [0.15, 0.2) is 0 Å². The molecular formula is C14H8B6N4O3. The zero-order valence-corrected chi connectivity index (χ0v) is 14.3. The molecule has 1 aromatic heterocycles. The summed E-state index contributed by atoms with van der Waals surface area (Å²) >= 11 is 0. The molecular weight excluding hydrogens is 337 g/mol. The largest absolute Gasteiger partial charge is 0.398 e. The van der Waals surface area contributed by atoms with E-state index in [0.717, 1.165) is 0 Å². The van der Waals surface area contributed by atoms with E-state index in [4.69, 9.17) is 52.8 Å². The number of nitrogens with one attached hydrogen (secondary N) is 1. The highest BCUT2D eigenvalue weighted by Gasteiger charge is 2.60. The number of amides is 2. The van der Waals surface area contributed by atoms with Crippen molar-refractivity contribution in [3.05, 3.63) is 28.3 Å². The fourth-order valence-corrected chi connectivity index (χ4v) is 3.13. The van der Waals surface area contributed by atoms with Crippen LogP contribution in [0.2, 0.25) is 10.4 Å². The number of fused-ring (bicyclic) bond motifs is 1. The number of aromatic nitrogens is 2. The second-order valence-corrected chi connectivity index (χ2v) is 6.55. The quantitative estimate of drug-likeness (QED) is 0.316. The molecule has 3 N–H and O–H groups in total. The van der Waals surface area contributed by atoms with Gasteiger partial charge >= 0.3 is 0 Å². The van der Waals surface area contributed by atoms with E-state index in [2.05, 4.69) is 4.98 Å². The lowest BCUT2D eigenvalue weighted by molar-refractivity contribution is -0.139. The minimum absolute atomic E-state index is 0.0350. The molecule has 2 aromatic rings. The molecule has 1 fully saturated rings. The third kappa shape index (κ3) is 2.23. The van der Waals surface area contributed by atoms with Gasteiger partial charge in [0.2, 0.25) is 11.8 Å². The van der Waals surface area contributed by atoms with Crippen molar-refractivity contribution in [3.8, 4) is 0 Å². The Balaban J connectivity index is 2.48. The first-order valence-corrected chi connectivity index (χ1v) is 7.66. The maximum absolute atomic E-state index is 13.2. The molecule has 2 amide bonds. The predicted molar refractivity (Wildman–Crippen MR) is 106 cm³/mol. The van der Waals surface area contributed by atoms with Crippen molar-refractivity contribution >= 4 is 80.9 Å². The van der Waals surface area contributed by atoms with Gasteiger partial charge in [-0.2, -0.15) is 0 Å². The summed E-state index contributed by atoms with van der Waals surface area (Å²) in [6, 6.07) is 2.86. The van der Waals surface area contributed by atoms with Crippen LogP contribution in [0.5, 0.6) is 0 Å². The lowest BCUT2D eigenvalue weighted by atomic mass is 9.21. The average Bonchev–Trinajstić information content (AvgIpc) is 2.56. The van der Waals surface area contributed by atoms with Crippen LogP contribution in [-0.4, -0.2) is 68.4 Å². The summed E-state index contributed by atoms with van der Waals surface area (Å²) in [6.45, 7) is 1.37. The first-order valence-electron chi connectivity index (χ1n) is 7.66. The Labute approximate surface area is 162 Å². The molecule has 1 atom stereocenters. The summed E-state index contributed by atoms with van der Waals surface area (Å²) in [6.07, 6.45) is 0. The standard InChI is InChI=1S/C14H8B6N4O3/c1-4-22-8-5(15)2-3-6(21)7(8)9(25)24(4)13(18)11(27)23-10(26)12(16,17)14(13,19)20/h2-3H,21H2,1H3,(H,23,26,27). The smallest absolute Gasteiger partial charge is 0.263 e. The molecule has 0 saturated carbocycles. The second-order valence-electron chi connectivity index (χ2n) is 6.55. The third-order valence-corrected chi connectivity index (χ3v) is 4.87. The van der Waals surface area contributed by atoms with E-state index in [-0.39, 0.29) is 27.9 Å². The second kappa shape index (κ2) is 5.59. The number of nitrogen functional groups attached to an aromatic ring is 1. The Kier molecular flexibility index (Phi) is 4.03. The van der Waals surface area contributed by atoms with Gasteiger partial charge in [-0.1, -0.05) is 16.7 Å². The Bertz CT molecular complexity index is 1080. The highest BCUT2D eigenvalue weighted by Crippen LogP contribution is 2.54. The first kappa shape index (κ1) is 19.5. The van der Waals surface area contributed by atoms with Crippen LogP contribution in [0.15, 0.2) is 16.9 Å². The van der Waals surface area contributed by atoms with Crippen molar-refractivity contribution in [1.29, 1.82) is 0 Å². The maximum atomic E-state index is 13.2. The fourth-order valence-electron chi connectivity index (χ4n) is 3.13. The van der Waals surface area contributed by atoms with Crippen LogP contribution in [0.1, 0.15) is 5.82 Å². The van der Waals surface area contributed by atoms with E-state index < -0.39 is 33.2 Å². The number of piperidine rings is 1. The number of carbonyl (C=O) groups is 2. The van der Waals surface area contributed by atoms with Gasteiger partial charge < -0.3 is 5.73 Å². The number of benzene rings is 1. The highest BCUT2D eigenvalue weighted by molar-refractivity contribution is 6.66. The Morgan fingerprint density at radius 3 is 2.26 bits per heavy atom. The van der Waals surface area contributed by atoms with Crippen LogP contribution in [0.25, 0.3) is 10.9 Å². The molecule has 7 nitrogen and oxygen atoms in total. The van der Waals surface area contributed by atoms with Crippen molar-refractivity contribution in [1.82, 2.24) is 14.9 Å². The molecule has 1 unspecified atom stereocenters. The SMILES string of the molecule is [B]c1ccc(N)c2c(=O)n(C3([B])C(=O)NC(=O)C([B])([B])C3([B])[B])c(C)nc12. The molecule has 13 heteroatoms. The number of carbonyl (C=O) groups excluding carboxylic acids is 2. The van der Waals surface area contributed by atoms with Crippen molar-refractivity contribution in [3.63, 3.8) is 0 Å². The van der Waals surface area contributed by atoms with Gasteiger partial charge in [0.05, 0.1) is 47.7 Å². The molecule has 0 aliphatic carbocycles. The summed E-state index contributed by atoms with van der Waals surface area (Å²) in [5.74, 6) is -2.41. The molecule has 1 saturated heterocycles. The number of hydrogen-bond donors (Lipinski definition) is 2. The van der Waals surface area contributed by atoms with Gasteiger partial charge in [-0.15, -0.1) is 0 Å². The van der Waals surface area contributed by atoms with Gasteiger partial charge in [0.1, 0.15) is 21.5 Å². The van der Waals surface area contributed by atoms with Crippen molar-refractivity contribution in [2.45, 2.75) is 22.8 Å². The number of hydrogen-bond acceptors (Lipinski definition) is 5. The van der Waals surface area contributed by atoms with Crippen LogP contribution in [0.4, 0.5) is 5.69 Å². The van der Waals surface area contributed by atoms with Crippen LogP contribution >= 0.6 is 0 Å². The number of nitrogens with two attached hydrogens (primary N) is 1. The number of aryl methyl sites for hydroxylation is 1. The third-order valence-electron chi connectivity index (χ3n) is 4.87. The summed E-state index contributed by atoms with van der Waals surface area (Å²) < 4.78 is 0.710. The lowest BCUT2D eigenvalue weighted by Gasteiger charge is -2.58. The molecule has 1 aliphatic rings. The van der Waals surface area contributed by atoms with Gasteiger partial charge in [-0.05, 0) is 18.2 Å². The van der Waals surface area contributed by atoms with Crippen LogP contribution in [0, 0.1) is 6.92 Å². The van der Waals surface area contributed by atoms with Gasteiger partial charge in [0, 0.05) is 5.69 Å². The molecule has 27 heavy (non-hydrogen) atoms. The monoisotopic (exact) mass is 346 g/mol. The fraction of sp³-hybridized carbons (Fsp3) is 0.286. The molecule has 3 rings (SSSR count). The number of rotatable bonds is 1. The van der Waals surface area contributed by atoms with E-state index >= 15 is 0 Å². The molecule has 1 aromatic carbocycles. The first-order chi connectivity index (χ1) is 12.3. The molecule has 0 spiro atoms. The van der Waals surface area contributed by atoms with Crippen molar-refractivity contribution in [2.75, 3.05) is 5.73 Å². The number of imide groups is 1. The maximum Gasteiger partial charge on any atom is 0.263 e. The van der Waals surface area contributed by atoms with Gasteiger partial charge in [0.25, 0.3) is 5.56 Å². The summed E-state index contributed by atoms with van der Waals surface area (Å²) in [4.78, 5) is 42.1. The van der Waals surface area contributed by atoms with Crippen LogP contribution < -0.4 is 22.1 Å². The van der Waals surface area contributed by atoms with E-state index in [9.17, 15) is 14.4 Å². The van der Waals surface area contributed by atoms with E-state index in [0.29, 0.717) is 4.57 Å². The van der Waals surface area contributed by atoms with Crippen LogP contribution in [0.3, 0.4) is 0 Å². The summed E-state index contributed by atoms with van der Waals surface area (Å²) in [5, 5.41) is -3.28. The van der Waals surface area contributed by atoms with Gasteiger partial charge in [-0.3, -0.25) is 24.3 Å². The summed E-state index contributed by atoms with van der Waals surface area (Å²) in [5.41, 5.74) is 2.78. The Hall–Kier alpha value is -2.31. The normalized spacial score (nSPS) is 23.9. The highest BCUT2D eigenvalue weighted by atomic mass is 16.2. The van der Waals surface area contributed by atoms with E-state index in [1.807, 2.05) is 5.32 Å². The van der Waals surface area contributed by atoms with Crippen molar-refractivity contribution < 1.29 is 9.59 Å². The number of anilines is 1. The van der Waals surface area contributed by atoms with Crippen molar-refractivity contribution in [2.24, 2.45) is 0 Å². The van der Waals surface area contributed by atoms with E-state index in [1.165, 1.54) is 19.1 Å². The lowest BCUT2D eigenvalue weighted by Crippen LogP contribution is -2.71. The minimum atomic E-state index is -2.57. The Morgan fingerprint density at radius 1 is 1.07 bits per heavy atom.